The Morgan fingerprint density at radius 3 is 2.65 bits per heavy atom. The summed E-state index contributed by atoms with van der Waals surface area (Å²) in [5, 5.41) is 2.48. The van der Waals surface area contributed by atoms with E-state index in [1.807, 2.05) is 0 Å². The number of carbonyl (C=O) groups is 1. The van der Waals surface area contributed by atoms with Gasteiger partial charge in [-0.15, -0.1) is 0 Å². The largest absolute Gasteiger partial charge is 0.321 e. The average Bonchev–Trinajstić information content (AvgIpc) is 3.28. The van der Waals surface area contributed by atoms with Crippen LogP contribution >= 0.6 is 0 Å². The Morgan fingerprint density at radius 1 is 1.15 bits per heavy atom. The molecule has 0 spiro atoms. The van der Waals surface area contributed by atoms with Crippen molar-refractivity contribution in [2.75, 3.05) is 5.32 Å². The van der Waals surface area contributed by atoms with Crippen LogP contribution in [0.2, 0.25) is 0 Å². The Labute approximate surface area is 113 Å². The maximum Gasteiger partial charge on any atom is 0.274 e. The van der Waals surface area contributed by atoms with Crippen LogP contribution in [0.4, 0.5) is 14.5 Å². The highest BCUT2D eigenvalue weighted by Gasteiger charge is 2.26. The van der Waals surface area contributed by atoms with E-state index >= 15 is 0 Å². The predicted octanol–water partition coefficient (Wildman–Crippen LogP) is 2.88. The summed E-state index contributed by atoms with van der Waals surface area (Å²) in [6.07, 6.45) is 3.48. The zero-order valence-electron chi connectivity index (χ0n) is 10.4. The molecule has 3 rings (SSSR count). The lowest BCUT2D eigenvalue weighted by molar-refractivity contribution is 0.102. The SMILES string of the molecule is O=C(Nc1ccc(F)c(F)c1)c1cc(C2CC2)ncn1. The first-order valence-electron chi connectivity index (χ1n) is 6.22. The van der Waals surface area contributed by atoms with Crippen molar-refractivity contribution in [2.24, 2.45) is 0 Å². The summed E-state index contributed by atoms with van der Waals surface area (Å²) >= 11 is 0. The fourth-order valence-electron chi connectivity index (χ4n) is 1.87. The van der Waals surface area contributed by atoms with E-state index in [0.29, 0.717) is 5.92 Å². The lowest BCUT2D eigenvalue weighted by Gasteiger charge is -2.06. The van der Waals surface area contributed by atoms with E-state index in [1.54, 1.807) is 6.07 Å². The summed E-state index contributed by atoms with van der Waals surface area (Å²) in [6.45, 7) is 0. The van der Waals surface area contributed by atoms with Crippen molar-refractivity contribution in [1.82, 2.24) is 9.97 Å². The summed E-state index contributed by atoms with van der Waals surface area (Å²) in [6, 6.07) is 4.81. The van der Waals surface area contributed by atoms with Crippen LogP contribution in [0.3, 0.4) is 0 Å². The topological polar surface area (TPSA) is 54.9 Å². The number of nitrogens with zero attached hydrogens (tertiary/aromatic N) is 2. The summed E-state index contributed by atoms with van der Waals surface area (Å²) in [5.74, 6) is -2.03. The molecule has 1 amide bonds. The molecule has 1 N–H and O–H groups in total. The Bertz CT molecular complexity index is 671. The van der Waals surface area contributed by atoms with Gasteiger partial charge in [-0.2, -0.15) is 0 Å². The van der Waals surface area contributed by atoms with Gasteiger partial charge in [0.1, 0.15) is 12.0 Å². The number of hydrogen-bond donors (Lipinski definition) is 1. The zero-order valence-corrected chi connectivity index (χ0v) is 10.4. The van der Waals surface area contributed by atoms with Crippen molar-refractivity contribution in [1.29, 1.82) is 0 Å². The van der Waals surface area contributed by atoms with E-state index in [2.05, 4.69) is 15.3 Å². The van der Waals surface area contributed by atoms with Crippen molar-refractivity contribution in [3.05, 3.63) is 53.6 Å². The van der Waals surface area contributed by atoms with Gasteiger partial charge < -0.3 is 5.32 Å². The van der Waals surface area contributed by atoms with Crippen molar-refractivity contribution >= 4 is 11.6 Å². The molecule has 102 valence electrons. The van der Waals surface area contributed by atoms with Crippen molar-refractivity contribution in [3.8, 4) is 0 Å². The standard InChI is InChI=1S/C14H11F2N3O/c15-10-4-3-9(5-11(10)16)19-14(20)13-6-12(8-1-2-8)17-7-18-13/h3-8H,1-2H2,(H,19,20). The molecule has 0 unspecified atom stereocenters. The van der Waals surface area contributed by atoms with Crippen LogP contribution in [0.15, 0.2) is 30.6 Å². The first-order chi connectivity index (χ1) is 9.63. The van der Waals surface area contributed by atoms with Crippen LogP contribution in [0, 0.1) is 11.6 Å². The molecule has 1 fully saturated rings. The number of carbonyl (C=O) groups excluding carboxylic acids is 1. The number of nitrogens with one attached hydrogen (secondary N) is 1. The quantitative estimate of drug-likeness (QED) is 0.937. The third-order valence-corrected chi connectivity index (χ3v) is 3.09. The number of rotatable bonds is 3. The molecule has 0 radical (unpaired) electrons. The number of anilines is 1. The number of amides is 1. The van der Waals surface area contributed by atoms with Crippen LogP contribution < -0.4 is 5.32 Å². The molecule has 2 aromatic rings. The van der Waals surface area contributed by atoms with Crippen molar-refractivity contribution in [2.45, 2.75) is 18.8 Å². The molecule has 20 heavy (non-hydrogen) atoms. The lowest BCUT2D eigenvalue weighted by atomic mass is 10.2. The highest BCUT2D eigenvalue weighted by molar-refractivity contribution is 6.02. The van der Waals surface area contributed by atoms with Gasteiger partial charge in [0, 0.05) is 23.4 Å². The first kappa shape index (κ1) is 12.7. The summed E-state index contributed by atoms with van der Waals surface area (Å²) in [4.78, 5) is 20.0. The summed E-state index contributed by atoms with van der Waals surface area (Å²) in [7, 11) is 0. The van der Waals surface area contributed by atoms with E-state index in [-0.39, 0.29) is 11.4 Å². The van der Waals surface area contributed by atoms with Gasteiger partial charge in [0.15, 0.2) is 11.6 Å². The molecule has 1 aromatic carbocycles. The summed E-state index contributed by atoms with van der Waals surface area (Å²) < 4.78 is 25.9. The second kappa shape index (κ2) is 4.96. The number of halogens is 2. The van der Waals surface area contributed by atoms with Gasteiger partial charge in [-0.05, 0) is 31.0 Å². The van der Waals surface area contributed by atoms with E-state index < -0.39 is 17.5 Å². The van der Waals surface area contributed by atoms with Gasteiger partial charge in [0.25, 0.3) is 5.91 Å². The predicted molar refractivity (Wildman–Crippen MR) is 68.3 cm³/mol. The normalized spacial score (nSPS) is 14.1. The minimum Gasteiger partial charge on any atom is -0.321 e. The smallest absolute Gasteiger partial charge is 0.274 e. The number of benzene rings is 1. The minimum absolute atomic E-state index is 0.181. The highest BCUT2D eigenvalue weighted by Crippen LogP contribution is 2.38. The molecule has 1 aliphatic rings. The fraction of sp³-hybridized carbons (Fsp3) is 0.214. The van der Waals surface area contributed by atoms with E-state index in [1.165, 1.54) is 12.4 Å². The molecular weight excluding hydrogens is 264 g/mol. The molecule has 0 bridgehead atoms. The fourth-order valence-corrected chi connectivity index (χ4v) is 1.87. The van der Waals surface area contributed by atoms with Crippen LogP contribution in [-0.2, 0) is 0 Å². The summed E-state index contributed by atoms with van der Waals surface area (Å²) in [5.41, 5.74) is 1.24. The second-order valence-corrected chi connectivity index (χ2v) is 4.69. The molecule has 0 saturated heterocycles. The van der Waals surface area contributed by atoms with Gasteiger partial charge in [0.05, 0.1) is 0 Å². The highest BCUT2D eigenvalue weighted by atomic mass is 19.2. The van der Waals surface area contributed by atoms with Gasteiger partial charge >= 0.3 is 0 Å². The molecular formula is C14H11F2N3O. The molecule has 1 saturated carbocycles. The Morgan fingerprint density at radius 2 is 1.95 bits per heavy atom. The molecule has 6 heteroatoms. The van der Waals surface area contributed by atoms with Crippen molar-refractivity contribution < 1.29 is 13.6 Å². The molecule has 0 aliphatic heterocycles. The van der Waals surface area contributed by atoms with Crippen molar-refractivity contribution in [3.63, 3.8) is 0 Å². The second-order valence-electron chi connectivity index (χ2n) is 4.69. The third-order valence-electron chi connectivity index (χ3n) is 3.09. The van der Waals surface area contributed by atoms with Crippen LogP contribution in [0.1, 0.15) is 34.9 Å². The monoisotopic (exact) mass is 275 g/mol. The third kappa shape index (κ3) is 2.64. The lowest BCUT2D eigenvalue weighted by Crippen LogP contribution is -2.14. The molecule has 1 heterocycles. The van der Waals surface area contributed by atoms with E-state index in [0.717, 1.165) is 30.7 Å². The Kier molecular flexibility index (Phi) is 3.14. The first-order valence-corrected chi connectivity index (χ1v) is 6.22. The van der Waals surface area contributed by atoms with Crippen LogP contribution in [0.5, 0.6) is 0 Å². The molecule has 1 aliphatic carbocycles. The van der Waals surface area contributed by atoms with Gasteiger partial charge in [-0.3, -0.25) is 4.79 Å². The number of aromatic nitrogens is 2. The van der Waals surface area contributed by atoms with Crippen LogP contribution in [-0.4, -0.2) is 15.9 Å². The van der Waals surface area contributed by atoms with Gasteiger partial charge in [-0.25, -0.2) is 18.7 Å². The Hall–Kier alpha value is -2.37. The number of hydrogen-bond acceptors (Lipinski definition) is 3. The molecule has 0 atom stereocenters. The van der Waals surface area contributed by atoms with Gasteiger partial charge in [0.2, 0.25) is 0 Å². The van der Waals surface area contributed by atoms with E-state index in [9.17, 15) is 13.6 Å². The molecule has 1 aromatic heterocycles. The van der Waals surface area contributed by atoms with Crippen LogP contribution in [0.25, 0.3) is 0 Å². The maximum atomic E-state index is 13.1. The Balaban J connectivity index is 1.78. The minimum atomic E-state index is -1.01. The van der Waals surface area contributed by atoms with E-state index in [4.69, 9.17) is 0 Å². The average molecular weight is 275 g/mol. The molecule has 4 nitrogen and oxygen atoms in total. The zero-order chi connectivity index (χ0) is 14.1. The maximum absolute atomic E-state index is 13.1. The van der Waals surface area contributed by atoms with Gasteiger partial charge in [-0.1, -0.05) is 0 Å².